The van der Waals surface area contributed by atoms with Crippen LogP contribution in [0.3, 0.4) is 0 Å². The maximum atomic E-state index is 12.8. The minimum absolute atomic E-state index is 0.0113. The van der Waals surface area contributed by atoms with Gasteiger partial charge in [0.25, 0.3) is 0 Å². The van der Waals surface area contributed by atoms with Crippen LogP contribution in [-0.2, 0) is 14.3 Å². The quantitative estimate of drug-likeness (QED) is 0.314. The molecule has 1 heterocycles. The third-order valence-corrected chi connectivity index (χ3v) is 12.2. The summed E-state index contributed by atoms with van der Waals surface area (Å²) in [6.45, 7) is 19.2. The minimum atomic E-state index is -0.342. The molecule has 5 aliphatic rings. The maximum Gasteiger partial charge on any atom is 0.311 e. The van der Waals surface area contributed by atoms with Crippen LogP contribution in [0.2, 0.25) is 0 Å². The van der Waals surface area contributed by atoms with Crippen molar-refractivity contribution in [2.75, 3.05) is 0 Å². The highest BCUT2D eigenvalue weighted by molar-refractivity contribution is 5.74. The molecule has 5 rings (SSSR count). The predicted molar refractivity (Wildman–Crippen MR) is 132 cm³/mol. The second kappa shape index (κ2) is 7.84. The Morgan fingerprint density at radius 3 is 2.42 bits per heavy atom. The highest BCUT2D eigenvalue weighted by Crippen LogP contribution is 2.66. The average Bonchev–Trinajstić information content (AvgIpc) is 3.23. The molecule has 3 nitrogen and oxygen atoms in total. The molecule has 1 saturated heterocycles. The van der Waals surface area contributed by atoms with E-state index in [4.69, 9.17) is 9.47 Å². The molecule has 1 aliphatic heterocycles. The normalized spacial score (nSPS) is 48.1. The van der Waals surface area contributed by atoms with E-state index in [1.165, 1.54) is 44.1 Å². The van der Waals surface area contributed by atoms with Crippen molar-refractivity contribution in [3.05, 3.63) is 12.2 Å². The highest BCUT2D eigenvalue weighted by Gasteiger charge is 2.62. The standard InChI is InChI=1S/C30H48O3/c1-19-9-12-23-27(2,3)14-8-15-29(23,6)22(19)11-10-20-17-25(33-26(20)31)32-24-18-21-13-16-30(24,7)28(21,4)5/h20-25H,1,8-18H2,2-7H3. The largest absolute Gasteiger partial charge is 0.435 e. The summed E-state index contributed by atoms with van der Waals surface area (Å²) in [5.41, 5.74) is 2.71. The molecule has 0 N–H and O–H groups in total. The first-order chi connectivity index (χ1) is 15.4. The van der Waals surface area contributed by atoms with Gasteiger partial charge in [-0.1, -0.05) is 60.1 Å². The minimum Gasteiger partial charge on any atom is -0.435 e. The summed E-state index contributed by atoms with van der Waals surface area (Å²) in [5, 5.41) is 0. The Labute approximate surface area is 202 Å². The molecule has 0 radical (unpaired) electrons. The van der Waals surface area contributed by atoms with Crippen LogP contribution < -0.4 is 0 Å². The molecule has 33 heavy (non-hydrogen) atoms. The number of hydrogen-bond donors (Lipinski definition) is 0. The van der Waals surface area contributed by atoms with Gasteiger partial charge in [-0.3, -0.25) is 4.79 Å². The molecule has 8 atom stereocenters. The summed E-state index contributed by atoms with van der Waals surface area (Å²) in [7, 11) is 0. The number of hydrogen-bond acceptors (Lipinski definition) is 3. The van der Waals surface area contributed by atoms with Crippen molar-refractivity contribution in [1.29, 1.82) is 0 Å². The van der Waals surface area contributed by atoms with Crippen molar-refractivity contribution in [3.63, 3.8) is 0 Å². The van der Waals surface area contributed by atoms with Gasteiger partial charge in [-0.25, -0.2) is 0 Å². The summed E-state index contributed by atoms with van der Waals surface area (Å²) in [6.07, 6.45) is 12.7. The first-order valence-electron chi connectivity index (χ1n) is 13.9. The zero-order chi connectivity index (χ0) is 23.8. The Morgan fingerprint density at radius 1 is 1.00 bits per heavy atom. The number of cyclic esters (lactones) is 1. The summed E-state index contributed by atoms with van der Waals surface area (Å²) < 4.78 is 12.3. The Kier molecular flexibility index (Phi) is 5.67. The summed E-state index contributed by atoms with van der Waals surface area (Å²) >= 11 is 0. The van der Waals surface area contributed by atoms with Crippen molar-refractivity contribution in [3.8, 4) is 0 Å². The van der Waals surface area contributed by atoms with Crippen LogP contribution >= 0.6 is 0 Å². The summed E-state index contributed by atoms with van der Waals surface area (Å²) in [5.74, 6) is 2.00. The van der Waals surface area contributed by atoms with Gasteiger partial charge < -0.3 is 9.47 Å². The van der Waals surface area contributed by atoms with Crippen molar-refractivity contribution in [2.45, 2.75) is 125 Å². The molecule has 3 heteroatoms. The van der Waals surface area contributed by atoms with Gasteiger partial charge in [0.1, 0.15) is 0 Å². The van der Waals surface area contributed by atoms with Gasteiger partial charge in [-0.2, -0.15) is 0 Å². The van der Waals surface area contributed by atoms with Crippen LogP contribution in [0.1, 0.15) is 112 Å². The van der Waals surface area contributed by atoms with Crippen LogP contribution in [0.4, 0.5) is 0 Å². The van der Waals surface area contributed by atoms with Crippen LogP contribution in [0.15, 0.2) is 12.2 Å². The van der Waals surface area contributed by atoms with Gasteiger partial charge in [0.2, 0.25) is 6.29 Å². The monoisotopic (exact) mass is 456 g/mol. The van der Waals surface area contributed by atoms with E-state index in [9.17, 15) is 4.79 Å². The van der Waals surface area contributed by atoms with E-state index < -0.39 is 0 Å². The Morgan fingerprint density at radius 2 is 1.76 bits per heavy atom. The van der Waals surface area contributed by atoms with Crippen molar-refractivity contribution in [1.82, 2.24) is 0 Å². The SMILES string of the molecule is C=C1CCC2C(C)(C)CCCC2(C)C1CCC1CC(OC2CC3CCC2(C)C3(C)C)OC1=O. The molecule has 0 aromatic heterocycles. The second-order valence-electron chi connectivity index (χ2n) is 14.3. The number of carbonyl (C=O) groups excluding carboxylic acids is 1. The van der Waals surface area contributed by atoms with Gasteiger partial charge in [0.15, 0.2) is 0 Å². The third-order valence-electron chi connectivity index (χ3n) is 12.2. The molecular formula is C30H48O3. The molecular weight excluding hydrogens is 408 g/mol. The number of allylic oxidation sites excluding steroid dienone is 1. The number of fused-ring (bicyclic) bond motifs is 3. The molecule has 4 saturated carbocycles. The molecule has 5 fully saturated rings. The van der Waals surface area contributed by atoms with Crippen LogP contribution in [0.25, 0.3) is 0 Å². The van der Waals surface area contributed by atoms with E-state index >= 15 is 0 Å². The number of ether oxygens (including phenoxy) is 2. The smallest absolute Gasteiger partial charge is 0.311 e. The average molecular weight is 457 g/mol. The molecule has 0 aromatic rings. The van der Waals surface area contributed by atoms with E-state index in [-0.39, 0.29) is 29.7 Å². The van der Waals surface area contributed by atoms with Gasteiger partial charge in [-0.05, 0) is 97.2 Å². The lowest BCUT2D eigenvalue weighted by Crippen LogP contribution is -2.49. The summed E-state index contributed by atoms with van der Waals surface area (Å²) in [4.78, 5) is 12.8. The highest BCUT2D eigenvalue weighted by atomic mass is 16.7. The fourth-order valence-electron chi connectivity index (χ4n) is 9.62. The lowest BCUT2D eigenvalue weighted by molar-refractivity contribution is -0.188. The molecule has 0 amide bonds. The number of esters is 1. The summed E-state index contributed by atoms with van der Waals surface area (Å²) in [6, 6.07) is 0. The third kappa shape index (κ3) is 3.57. The molecule has 2 bridgehead atoms. The zero-order valence-corrected chi connectivity index (χ0v) is 22.2. The van der Waals surface area contributed by atoms with Crippen LogP contribution in [0, 0.1) is 45.3 Å². The van der Waals surface area contributed by atoms with E-state index in [0.29, 0.717) is 22.2 Å². The fraction of sp³-hybridized carbons (Fsp3) is 0.900. The lowest BCUT2D eigenvalue weighted by atomic mass is 9.47. The Balaban J connectivity index is 1.21. The fourth-order valence-corrected chi connectivity index (χ4v) is 9.62. The van der Waals surface area contributed by atoms with Crippen molar-refractivity contribution in [2.24, 2.45) is 45.3 Å². The molecule has 4 aliphatic carbocycles. The first-order valence-corrected chi connectivity index (χ1v) is 13.9. The van der Waals surface area contributed by atoms with Crippen molar-refractivity contribution >= 4 is 5.97 Å². The maximum absolute atomic E-state index is 12.8. The molecule has 0 spiro atoms. The first kappa shape index (κ1) is 23.9. The topological polar surface area (TPSA) is 35.5 Å². The van der Waals surface area contributed by atoms with Gasteiger partial charge in [0.05, 0.1) is 12.0 Å². The van der Waals surface area contributed by atoms with Gasteiger partial charge >= 0.3 is 5.97 Å². The molecule has 8 unspecified atom stereocenters. The van der Waals surface area contributed by atoms with Gasteiger partial charge in [-0.15, -0.1) is 0 Å². The number of carbonyl (C=O) groups is 1. The number of rotatable bonds is 5. The van der Waals surface area contributed by atoms with E-state index in [1.54, 1.807) is 0 Å². The van der Waals surface area contributed by atoms with Crippen LogP contribution in [-0.4, -0.2) is 18.4 Å². The molecule has 186 valence electrons. The second-order valence-corrected chi connectivity index (χ2v) is 14.3. The van der Waals surface area contributed by atoms with E-state index in [2.05, 4.69) is 48.1 Å². The Bertz CT molecular complexity index is 811. The zero-order valence-electron chi connectivity index (χ0n) is 22.2. The van der Waals surface area contributed by atoms with E-state index in [0.717, 1.165) is 43.9 Å². The van der Waals surface area contributed by atoms with E-state index in [1.807, 2.05) is 0 Å². The Hall–Kier alpha value is -0.830. The van der Waals surface area contributed by atoms with Gasteiger partial charge in [0, 0.05) is 6.42 Å². The lowest BCUT2D eigenvalue weighted by Gasteiger charge is -2.58. The molecule has 0 aromatic carbocycles. The van der Waals surface area contributed by atoms with Crippen molar-refractivity contribution < 1.29 is 14.3 Å². The van der Waals surface area contributed by atoms with Crippen LogP contribution in [0.5, 0.6) is 0 Å². The predicted octanol–water partition coefficient (Wildman–Crippen LogP) is 7.69.